The van der Waals surface area contributed by atoms with Gasteiger partial charge in [0, 0.05) is 5.56 Å². The fourth-order valence-electron chi connectivity index (χ4n) is 1.23. The largest absolute Gasteiger partial charge is 0.416 e. The Morgan fingerprint density at radius 1 is 1.41 bits per heavy atom. The molecule has 0 aliphatic heterocycles. The molecule has 0 radical (unpaired) electrons. The maximum Gasteiger partial charge on any atom is 0.416 e. The first-order chi connectivity index (χ1) is 7.81. The van der Waals surface area contributed by atoms with E-state index in [1.54, 1.807) is 0 Å². The SMILES string of the molecule is N#Cc1cc(C(F)(F)F)cc(C=O)c1C(=O)Cl. The number of alkyl halides is 3. The van der Waals surface area contributed by atoms with Gasteiger partial charge in [-0.3, -0.25) is 9.59 Å². The highest BCUT2D eigenvalue weighted by Crippen LogP contribution is 2.32. The average molecular weight is 262 g/mol. The van der Waals surface area contributed by atoms with Gasteiger partial charge in [0.2, 0.25) is 0 Å². The molecule has 0 heterocycles. The summed E-state index contributed by atoms with van der Waals surface area (Å²) in [5.41, 5.74) is -2.84. The number of carbonyl (C=O) groups is 2. The molecule has 3 nitrogen and oxygen atoms in total. The Hall–Kier alpha value is -1.87. The summed E-state index contributed by atoms with van der Waals surface area (Å²) in [4.78, 5) is 21.5. The highest BCUT2D eigenvalue weighted by atomic mass is 35.5. The Kier molecular flexibility index (Phi) is 3.53. The molecule has 0 fully saturated rings. The molecule has 0 bridgehead atoms. The van der Waals surface area contributed by atoms with E-state index in [0.29, 0.717) is 12.1 Å². The Labute approximate surface area is 98.4 Å². The second-order valence-corrected chi connectivity index (χ2v) is 3.33. The zero-order chi connectivity index (χ0) is 13.2. The fraction of sp³-hybridized carbons (Fsp3) is 0.100. The third-order valence-corrected chi connectivity index (χ3v) is 2.13. The maximum absolute atomic E-state index is 12.4. The predicted octanol–water partition coefficient (Wildman–Crippen LogP) is 2.77. The highest BCUT2D eigenvalue weighted by molar-refractivity contribution is 6.68. The number of hydrogen-bond donors (Lipinski definition) is 0. The second kappa shape index (κ2) is 4.55. The lowest BCUT2D eigenvalue weighted by atomic mass is 9.99. The minimum absolute atomic E-state index is 0.0473. The van der Waals surface area contributed by atoms with E-state index in [9.17, 15) is 22.8 Å². The van der Waals surface area contributed by atoms with Crippen LogP contribution in [-0.4, -0.2) is 11.5 Å². The van der Waals surface area contributed by atoms with Crippen LogP contribution >= 0.6 is 11.6 Å². The van der Waals surface area contributed by atoms with Crippen molar-refractivity contribution < 1.29 is 22.8 Å². The summed E-state index contributed by atoms with van der Waals surface area (Å²) >= 11 is 5.11. The Balaban J connectivity index is 3.63. The van der Waals surface area contributed by atoms with Crippen LogP contribution in [0, 0.1) is 11.3 Å². The van der Waals surface area contributed by atoms with Gasteiger partial charge in [0.15, 0.2) is 6.29 Å². The van der Waals surface area contributed by atoms with Crippen LogP contribution < -0.4 is 0 Å². The maximum atomic E-state index is 12.4. The summed E-state index contributed by atoms with van der Waals surface area (Å²) < 4.78 is 37.2. The zero-order valence-corrected chi connectivity index (χ0v) is 8.76. The molecule has 0 atom stereocenters. The van der Waals surface area contributed by atoms with Gasteiger partial charge in [-0.1, -0.05) is 0 Å². The minimum atomic E-state index is -4.71. The lowest BCUT2D eigenvalue weighted by Crippen LogP contribution is -2.10. The summed E-state index contributed by atoms with van der Waals surface area (Å²) in [5.74, 6) is 0. The lowest BCUT2D eigenvalue weighted by Gasteiger charge is -2.10. The van der Waals surface area contributed by atoms with Gasteiger partial charge in [0.25, 0.3) is 5.24 Å². The summed E-state index contributed by atoms with van der Waals surface area (Å²) in [6.45, 7) is 0. The van der Waals surface area contributed by atoms with Crippen LogP contribution in [0.5, 0.6) is 0 Å². The molecule has 0 saturated carbocycles. The van der Waals surface area contributed by atoms with E-state index in [1.165, 1.54) is 6.07 Å². The van der Waals surface area contributed by atoms with Gasteiger partial charge in [-0.15, -0.1) is 0 Å². The number of nitriles is 1. The van der Waals surface area contributed by atoms with Crippen LogP contribution in [0.25, 0.3) is 0 Å². The molecule has 1 rings (SSSR count). The van der Waals surface area contributed by atoms with Crippen LogP contribution in [0.1, 0.15) is 31.8 Å². The molecule has 17 heavy (non-hydrogen) atoms. The molecule has 0 spiro atoms. The number of aldehydes is 1. The van der Waals surface area contributed by atoms with Crippen molar-refractivity contribution in [3.8, 4) is 6.07 Å². The van der Waals surface area contributed by atoms with Crippen LogP contribution in [0.3, 0.4) is 0 Å². The topological polar surface area (TPSA) is 57.9 Å². The number of rotatable bonds is 2. The first-order valence-corrected chi connectivity index (χ1v) is 4.49. The van der Waals surface area contributed by atoms with E-state index in [0.717, 1.165) is 0 Å². The van der Waals surface area contributed by atoms with E-state index in [4.69, 9.17) is 16.9 Å². The molecular weight excluding hydrogens is 259 g/mol. The number of halogens is 4. The van der Waals surface area contributed by atoms with Gasteiger partial charge in [0.1, 0.15) is 0 Å². The summed E-state index contributed by atoms with van der Waals surface area (Å²) in [5, 5.41) is 7.48. The molecule has 7 heteroatoms. The van der Waals surface area contributed by atoms with E-state index in [2.05, 4.69) is 0 Å². The molecule has 1 aromatic carbocycles. The third-order valence-electron chi connectivity index (χ3n) is 1.94. The van der Waals surface area contributed by atoms with Gasteiger partial charge >= 0.3 is 6.18 Å². The first kappa shape index (κ1) is 13.2. The summed E-state index contributed by atoms with van der Waals surface area (Å²) in [6.07, 6.45) is -4.66. The fourth-order valence-corrected chi connectivity index (χ4v) is 1.44. The molecular formula is C10H3ClF3NO2. The lowest BCUT2D eigenvalue weighted by molar-refractivity contribution is -0.137. The summed E-state index contributed by atoms with van der Waals surface area (Å²) in [7, 11) is 0. The Morgan fingerprint density at radius 3 is 2.35 bits per heavy atom. The molecule has 0 amide bonds. The van der Waals surface area contributed by atoms with Crippen molar-refractivity contribution in [1.29, 1.82) is 5.26 Å². The van der Waals surface area contributed by atoms with Crippen LogP contribution in [0.15, 0.2) is 12.1 Å². The van der Waals surface area contributed by atoms with E-state index in [1.807, 2.05) is 0 Å². The molecule has 0 aromatic heterocycles. The first-order valence-electron chi connectivity index (χ1n) is 4.11. The monoisotopic (exact) mass is 261 g/mol. The van der Waals surface area contributed by atoms with Crippen LogP contribution in [-0.2, 0) is 6.18 Å². The van der Waals surface area contributed by atoms with Gasteiger partial charge < -0.3 is 0 Å². The molecule has 0 saturated heterocycles. The standard InChI is InChI=1S/C10H3ClF3NO2/c11-9(17)8-5(3-15)1-7(10(12,13)14)2-6(8)4-16/h1-2,4H. The average Bonchev–Trinajstić information content (AvgIpc) is 2.25. The van der Waals surface area contributed by atoms with Crippen molar-refractivity contribution in [1.82, 2.24) is 0 Å². The second-order valence-electron chi connectivity index (χ2n) is 2.99. The smallest absolute Gasteiger partial charge is 0.298 e. The Morgan fingerprint density at radius 2 is 2.00 bits per heavy atom. The van der Waals surface area contributed by atoms with E-state index >= 15 is 0 Å². The minimum Gasteiger partial charge on any atom is -0.298 e. The van der Waals surface area contributed by atoms with E-state index in [-0.39, 0.29) is 6.29 Å². The van der Waals surface area contributed by atoms with Crippen molar-refractivity contribution in [3.05, 3.63) is 34.4 Å². The number of nitrogens with zero attached hydrogens (tertiary/aromatic N) is 1. The molecule has 0 unspecified atom stereocenters. The normalized spacial score (nSPS) is 10.8. The molecule has 0 aliphatic carbocycles. The van der Waals surface area contributed by atoms with Crippen molar-refractivity contribution in [3.63, 3.8) is 0 Å². The Bertz CT molecular complexity index is 532. The number of benzene rings is 1. The van der Waals surface area contributed by atoms with Crippen molar-refractivity contribution in [2.75, 3.05) is 0 Å². The van der Waals surface area contributed by atoms with Crippen molar-refractivity contribution in [2.24, 2.45) is 0 Å². The van der Waals surface area contributed by atoms with Gasteiger partial charge in [0.05, 0.1) is 22.8 Å². The number of carbonyl (C=O) groups excluding carboxylic acids is 2. The van der Waals surface area contributed by atoms with E-state index < -0.39 is 33.7 Å². The molecule has 0 N–H and O–H groups in total. The van der Waals surface area contributed by atoms with Crippen LogP contribution in [0.2, 0.25) is 0 Å². The van der Waals surface area contributed by atoms with Crippen molar-refractivity contribution in [2.45, 2.75) is 6.18 Å². The van der Waals surface area contributed by atoms with Gasteiger partial charge in [-0.05, 0) is 23.7 Å². The molecule has 88 valence electrons. The predicted molar refractivity (Wildman–Crippen MR) is 51.7 cm³/mol. The zero-order valence-electron chi connectivity index (χ0n) is 8.01. The van der Waals surface area contributed by atoms with Crippen LogP contribution in [0.4, 0.5) is 13.2 Å². The molecule has 0 aliphatic rings. The van der Waals surface area contributed by atoms with Crippen molar-refractivity contribution >= 4 is 23.1 Å². The summed E-state index contributed by atoms with van der Waals surface area (Å²) in [6, 6.07) is 2.35. The highest BCUT2D eigenvalue weighted by Gasteiger charge is 2.32. The van der Waals surface area contributed by atoms with Gasteiger partial charge in [-0.25, -0.2) is 0 Å². The molecule has 1 aromatic rings. The van der Waals surface area contributed by atoms with Gasteiger partial charge in [-0.2, -0.15) is 18.4 Å². The number of hydrogen-bond acceptors (Lipinski definition) is 3. The third kappa shape index (κ3) is 2.63. The quantitative estimate of drug-likeness (QED) is 0.607.